The molecule has 0 saturated heterocycles. The summed E-state index contributed by atoms with van der Waals surface area (Å²) in [5.74, 6) is 0. The van der Waals surface area contributed by atoms with Gasteiger partial charge in [-0.05, 0) is 77.4 Å². The van der Waals surface area contributed by atoms with Crippen molar-refractivity contribution in [2.24, 2.45) is 0 Å². The molecule has 0 spiro atoms. The van der Waals surface area contributed by atoms with Crippen molar-refractivity contribution in [3.8, 4) is 40.1 Å². The third kappa shape index (κ3) is 4.11. The maximum Gasteiger partial charge on any atom is 0.101 e. The Balaban J connectivity index is 1.20. The van der Waals surface area contributed by atoms with Gasteiger partial charge >= 0.3 is 0 Å². The molecule has 0 aliphatic heterocycles. The third-order valence-electron chi connectivity index (χ3n) is 9.69. The van der Waals surface area contributed by atoms with Crippen LogP contribution in [0.1, 0.15) is 11.1 Å². The molecule has 0 N–H and O–H groups in total. The van der Waals surface area contributed by atoms with Crippen LogP contribution in [0.4, 0.5) is 0 Å². The van der Waals surface area contributed by atoms with E-state index in [4.69, 9.17) is 0 Å². The molecule has 0 unspecified atom stereocenters. The predicted molar refractivity (Wildman–Crippen MR) is 207 cm³/mol. The largest absolute Gasteiger partial charge is 0.307 e. The summed E-state index contributed by atoms with van der Waals surface area (Å²) in [5, 5.41) is 27.4. The molecule has 0 bridgehead atoms. The summed E-state index contributed by atoms with van der Waals surface area (Å²) in [7, 11) is 0. The molecule has 226 valence electrons. The number of para-hydroxylation sites is 3. The number of benzene rings is 7. The Morgan fingerprint density at radius 2 is 0.918 bits per heavy atom. The molecule has 3 nitrogen and oxygen atoms in total. The van der Waals surface area contributed by atoms with Gasteiger partial charge in [-0.1, -0.05) is 78.9 Å². The van der Waals surface area contributed by atoms with E-state index in [0.29, 0.717) is 11.1 Å². The quantitative estimate of drug-likeness (QED) is 0.190. The Bertz CT molecular complexity index is 3030. The molecule has 0 amide bonds. The van der Waals surface area contributed by atoms with Crippen LogP contribution in [0.3, 0.4) is 0 Å². The molecule has 7 aromatic carbocycles. The fraction of sp³-hybridized carbons (Fsp3) is 0. The van der Waals surface area contributed by atoms with Gasteiger partial charge in [0.15, 0.2) is 0 Å². The molecule has 0 fully saturated rings. The van der Waals surface area contributed by atoms with Crippen LogP contribution in [0.25, 0.3) is 90.1 Å². The second kappa shape index (κ2) is 10.6. The van der Waals surface area contributed by atoms with E-state index in [1.165, 1.54) is 51.1 Å². The SMILES string of the molecule is N#Cc1ccccc1-c1ccc2sc3cc4sc5ccc(-c6cccc(C#N)c6-n6c7ccccc7c7ccccc76)cc5c4cc3c2c1. The second-order valence-corrected chi connectivity index (χ2v) is 14.5. The summed E-state index contributed by atoms with van der Waals surface area (Å²) >= 11 is 3.64. The van der Waals surface area contributed by atoms with E-state index < -0.39 is 0 Å². The molecule has 0 aliphatic rings. The van der Waals surface area contributed by atoms with Crippen LogP contribution in [-0.2, 0) is 0 Å². The lowest BCUT2D eigenvalue weighted by atomic mass is 9.97. The van der Waals surface area contributed by atoms with E-state index in [1.54, 1.807) is 0 Å². The molecule has 10 rings (SSSR count). The highest BCUT2D eigenvalue weighted by Crippen LogP contribution is 2.45. The van der Waals surface area contributed by atoms with Gasteiger partial charge in [0.2, 0.25) is 0 Å². The Morgan fingerprint density at radius 1 is 0.408 bits per heavy atom. The lowest BCUT2D eigenvalue weighted by Gasteiger charge is -2.16. The van der Waals surface area contributed by atoms with Gasteiger partial charge in [0, 0.05) is 56.7 Å². The summed E-state index contributed by atoms with van der Waals surface area (Å²) in [6, 6.07) is 53.6. The first-order chi connectivity index (χ1) is 24.2. The lowest BCUT2D eigenvalue weighted by Crippen LogP contribution is -2.00. The summed E-state index contributed by atoms with van der Waals surface area (Å²) in [5.41, 5.74) is 8.49. The number of rotatable bonds is 3. The van der Waals surface area contributed by atoms with Gasteiger partial charge in [-0.15, -0.1) is 22.7 Å². The van der Waals surface area contributed by atoms with E-state index in [9.17, 15) is 10.5 Å². The number of nitriles is 2. The zero-order valence-electron chi connectivity index (χ0n) is 25.9. The number of hydrogen-bond acceptors (Lipinski definition) is 4. The standard InChI is InChI=1S/C44H23N3S2/c45-24-28-8-1-2-10-30(28)26-16-18-40-34(20-26)36-22-37-35-21-27(17-19-41(35)49-43(37)23-42(36)48-40)31-13-7-9-29(25-46)44(31)47-38-14-5-3-11-32(38)33-12-4-6-15-39(33)47/h1-23H. The van der Waals surface area contributed by atoms with Crippen LogP contribution in [0, 0.1) is 22.7 Å². The van der Waals surface area contributed by atoms with Gasteiger partial charge in [0.1, 0.15) is 6.07 Å². The van der Waals surface area contributed by atoms with Gasteiger partial charge in [0.05, 0.1) is 33.9 Å². The molecule has 5 heteroatoms. The fourth-order valence-corrected chi connectivity index (χ4v) is 9.77. The first-order valence-corrected chi connectivity index (χ1v) is 17.7. The van der Waals surface area contributed by atoms with Crippen LogP contribution < -0.4 is 0 Å². The summed E-state index contributed by atoms with van der Waals surface area (Å²) < 4.78 is 7.25. The highest BCUT2D eigenvalue weighted by Gasteiger charge is 2.20. The van der Waals surface area contributed by atoms with Crippen LogP contribution in [-0.4, -0.2) is 4.57 Å². The number of hydrogen-bond donors (Lipinski definition) is 0. The Labute approximate surface area is 289 Å². The number of thiophene rings is 2. The number of fused-ring (bicyclic) bond motifs is 9. The van der Waals surface area contributed by atoms with Crippen molar-refractivity contribution in [2.75, 3.05) is 0 Å². The topological polar surface area (TPSA) is 52.5 Å². The maximum atomic E-state index is 10.4. The van der Waals surface area contributed by atoms with E-state index in [0.717, 1.165) is 39.0 Å². The van der Waals surface area contributed by atoms with Gasteiger partial charge in [-0.2, -0.15) is 10.5 Å². The van der Waals surface area contributed by atoms with Crippen LogP contribution in [0.2, 0.25) is 0 Å². The minimum atomic E-state index is 0.638. The number of nitrogens with zero attached hydrogens (tertiary/aromatic N) is 3. The van der Waals surface area contributed by atoms with Crippen molar-refractivity contribution in [1.29, 1.82) is 10.5 Å². The highest BCUT2D eigenvalue weighted by molar-refractivity contribution is 7.28. The van der Waals surface area contributed by atoms with Gasteiger partial charge in [-0.25, -0.2) is 0 Å². The fourth-order valence-electron chi connectivity index (χ4n) is 7.49. The molecule has 0 aliphatic carbocycles. The van der Waals surface area contributed by atoms with E-state index in [2.05, 4.69) is 120 Å². The van der Waals surface area contributed by atoms with Crippen molar-refractivity contribution in [3.63, 3.8) is 0 Å². The van der Waals surface area contributed by atoms with E-state index >= 15 is 0 Å². The summed E-state index contributed by atoms with van der Waals surface area (Å²) in [6.45, 7) is 0. The Kier molecular flexibility index (Phi) is 6.04. The molecule has 0 saturated carbocycles. The normalized spacial score (nSPS) is 11.6. The molecule has 3 aromatic heterocycles. The molecule has 0 radical (unpaired) electrons. The van der Waals surface area contributed by atoms with Crippen molar-refractivity contribution in [2.45, 2.75) is 0 Å². The molecule has 3 heterocycles. The van der Waals surface area contributed by atoms with Gasteiger partial charge in [-0.3, -0.25) is 0 Å². The van der Waals surface area contributed by atoms with E-state index in [-0.39, 0.29) is 0 Å². The highest BCUT2D eigenvalue weighted by atomic mass is 32.1. The van der Waals surface area contributed by atoms with Crippen LogP contribution in [0.5, 0.6) is 0 Å². The summed E-state index contributed by atoms with van der Waals surface area (Å²) in [6.07, 6.45) is 0. The summed E-state index contributed by atoms with van der Waals surface area (Å²) in [4.78, 5) is 0. The van der Waals surface area contributed by atoms with Crippen molar-refractivity contribution < 1.29 is 0 Å². The third-order valence-corrected chi connectivity index (χ3v) is 12.0. The minimum absolute atomic E-state index is 0.638. The van der Waals surface area contributed by atoms with Crippen LogP contribution in [0.15, 0.2) is 140 Å². The lowest BCUT2D eigenvalue weighted by molar-refractivity contribution is 1.17. The zero-order chi connectivity index (χ0) is 32.6. The first-order valence-electron chi connectivity index (χ1n) is 16.0. The Morgan fingerprint density at radius 3 is 1.55 bits per heavy atom. The minimum Gasteiger partial charge on any atom is -0.307 e. The van der Waals surface area contributed by atoms with E-state index in [1.807, 2.05) is 59.1 Å². The average Bonchev–Trinajstić information content (AvgIpc) is 3.81. The average molecular weight is 658 g/mol. The molecule has 0 atom stereocenters. The van der Waals surface area contributed by atoms with Gasteiger partial charge in [0.25, 0.3) is 0 Å². The number of aromatic nitrogens is 1. The molecule has 10 aromatic rings. The van der Waals surface area contributed by atoms with Crippen molar-refractivity contribution in [3.05, 3.63) is 151 Å². The maximum absolute atomic E-state index is 10.4. The van der Waals surface area contributed by atoms with Crippen molar-refractivity contribution >= 4 is 84.8 Å². The molecular weight excluding hydrogens is 635 g/mol. The Hall–Kier alpha value is -6.24. The molecule has 49 heavy (non-hydrogen) atoms. The van der Waals surface area contributed by atoms with Crippen molar-refractivity contribution in [1.82, 2.24) is 4.57 Å². The molecular formula is C44H23N3S2. The predicted octanol–water partition coefficient (Wildman–Crippen LogP) is 12.6. The van der Waals surface area contributed by atoms with Crippen LogP contribution >= 0.6 is 22.7 Å². The smallest absolute Gasteiger partial charge is 0.101 e. The zero-order valence-corrected chi connectivity index (χ0v) is 27.6. The monoisotopic (exact) mass is 657 g/mol. The van der Waals surface area contributed by atoms with Gasteiger partial charge < -0.3 is 4.57 Å². The first kappa shape index (κ1) is 27.8. The second-order valence-electron chi connectivity index (χ2n) is 12.3.